The first-order chi connectivity index (χ1) is 6.50. The highest BCUT2D eigenvalue weighted by molar-refractivity contribution is 5.04. The van der Waals surface area contributed by atoms with Crippen LogP contribution in [0.1, 0.15) is 39.9 Å². The van der Waals surface area contributed by atoms with Gasteiger partial charge in [-0.15, -0.1) is 0 Å². The molecule has 0 aliphatic heterocycles. The predicted molar refractivity (Wildman–Crippen MR) is 56.9 cm³/mol. The molecule has 1 aromatic heterocycles. The number of hydrogen-bond donors (Lipinski definition) is 1. The molecular weight excluding hydrogens is 176 g/mol. The van der Waals surface area contributed by atoms with Gasteiger partial charge in [-0.1, -0.05) is 20.8 Å². The average molecular weight is 196 g/mol. The maximum atomic E-state index is 10.3. The molecule has 0 bridgehead atoms. The highest BCUT2D eigenvalue weighted by Crippen LogP contribution is 2.27. The molecule has 1 atom stereocenters. The van der Waals surface area contributed by atoms with Crippen molar-refractivity contribution in [2.24, 2.45) is 5.92 Å². The fourth-order valence-corrected chi connectivity index (χ4v) is 1.43. The maximum Gasteiger partial charge on any atom is 0.140 e. The number of aryl methyl sites for hydroxylation is 1. The predicted octanol–water partition coefficient (Wildman–Crippen LogP) is 2.16. The Morgan fingerprint density at radius 1 is 1.57 bits per heavy atom. The minimum atomic E-state index is -0.835. The van der Waals surface area contributed by atoms with E-state index in [1.807, 2.05) is 31.5 Å². The number of rotatable bonds is 4. The summed E-state index contributed by atoms with van der Waals surface area (Å²) in [6, 6.07) is 0. The van der Waals surface area contributed by atoms with Gasteiger partial charge in [0.1, 0.15) is 11.4 Å². The van der Waals surface area contributed by atoms with Gasteiger partial charge in [0.15, 0.2) is 0 Å². The highest BCUT2D eigenvalue weighted by atomic mass is 16.3. The Hall–Kier alpha value is -0.830. The molecule has 0 saturated heterocycles. The van der Waals surface area contributed by atoms with Crippen LogP contribution in [0, 0.1) is 5.92 Å². The van der Waals surface area contributed by atoms with E-state index < -0.39 is 5.60 Å². The summed E-state index contributed by atoms with van der Waals surface area (Å²) in [4.78, 5) is 4.24. The van der Waals surface area contributed by atoms with E-state index in [-0.39, 0.29) is 5.92 Å². The van der Waals surface area contributed by atoms with Gasteiger partial charge in [0.05, 0.1) is 0 Å². The Labute approximate surface area is 85.8 Å². The topological polar surface area (TPSA) is 38.0 Å². The first-order valence-electron chi connectivity index (χ1n) is 5.24. The average Bonchev–Trinajstić information content (AvgIpc) is 2.53. The quantitative estimate of drug-likeness (QED) is 0.801. The second kappa shape index (κ2) is 4.13. The summed E-state index contributed by atoms with van der Waals surface area (Å²) in [7, 11) is 0. The molecule has 0 fully saturated rings. The monoisotopic (exact) mass is 196 g/mol. The molecule has 3 heteroatoms. The van der Waals surface area contributed by atoms with Crippen LogP contribution in [0.5, 0.6) is 0 Å². The number of hydrogen-bond acceptors (Lipinski definition) is 2. The van der Waals surface area contributed by atoms with Crippen molar-refractivity contribution in [3.8, 4) is 0 Å². The second-order valence-corrected chi connectivity index (χ2v) is 4.25. The van der Waals surface area contributed by atoms with Crippen molar-refractivity contribution in [3.05, 3.63) is 18.2 Å². The van der Waals surface area contributed by atoms with Gasteiger partial charge in [-0.25, -0.2) is 4.98 Å². The van der Waals surface area contributed by atoms with Gasteiger partial charge >= 0.3 is 0 Å². The molecule has 0 spiro atoms. The Balaban J connectivity index is 2.99. The van der Waals surface area contributed by atoms with E-state index in [0.29, 0.717) is 0 Å². The zero-order valence-electron chi connectivity index (χ0n) is 9.49. The van der Waals surface area contributed by atoms with Crippen molar-refractivity contribution in [1.82, 2.24) is 9.55 Å². The van der Waals surface area contributed by atoms with E-state index in [2.05, 4.69) is 11.9 Å². The van der Waals surface area contributed by atoms with Gasteiger partial charge in [-0.05, 0) is 19.3 Å². The van der Waals surface area contributed by atoms with Crippen LogP contribution in [0.3, 0.4) is 0 Å². The van der Waals surface area contributed by atoms with E-state index in [1.54, 1.807) is 6.20 Å². The molecule has 0 radical (unpaired) electrons. The lowest BCUT2D eigenvalue weighted by atomic mass is 9.91. The van der Waals surface area contributed by atoms with E-state index in [0.717, 1.165) is 18.8 Å². The van der Waals surface area contributed by atoms with Crippen molar-refractivity contribution in [1.29, 1.82) is 0 Å². The fraction of sp³-hybridized carbons (Fsp3) is 0.727. The van der Waals surface area contributed by atoms with Crippen molar-refractivity contribution in [2.45, 2.75) is 46.3 Å². The number of aliphatic hydroxyl groups is 1. The first-order valence-corrected chi connectivity index (χ1v) is 5.24. The molecule has 1 rings (SSSR count). The molecule has 0 aliphatic rings. The lowest BCUT2D eigenvalue weighted by molar-refractivity contribution is -0.00285. The summed E-state index contributed by atoms with van der Waals surface area (Å²) in [5, 5.41) is 10.3. The zero-order chi connectivity index (χ0) is 10.8. The molecule has 1 aromatic rings. The van der Waals surface area contributed by atoms with Crippen LogP contribution in [0.15, 0.2) is 12.4 Å². The first kappa shape index (κ1) is 11.2. The Bertz CT molecular complexity index is 289. The lowest BCUT2D eigenvalue weighted by Crippen LogP contribution is -2.31. The molecule has 3 nitrogen and oxygen atoms in total. The molecule has 80 valence electrons. The van der Waals surface area contributed by atoms with Gasteiger partial charge in [-0.3, -0.25) is 0 Å². The van der Waals surface area contributed by atoms with Crippen molar-refractivity contribution in [3.63, 3.8) is 0 Å². The Morgan fingerprint density at radius 2 is 2.21 bits per heavy atom. The van der Waals surface area contributed by atoms with Crippen LogP contribution in [-0.2, 0) is 12.1 Å². The number of imidazole rings is 1. The third kappa shape index (κ3) is 1.98. The van der Waals surface area contributed by atoms with Crippen LogP contribution in [0.2, 0.25) is 0 Å². The van der Waals surface area contributed by atoms with Crippen molar-refractivity contribution >= 4 is 0 Å². The summed E-state index contributed by atoms with van der Waals surface area (Å²) >= 11 is 0. The van der Waals surface area contributed by atoms with Gasteiger partial charge in [-0.2, -0.15) is 0 Å². The molecule has 0 amide bonds. The van der Waals surface area contributed by atoms with Crippen molar-refractivity contribution < 1.29 is 5.11 Å². The molecule has 14 heavy (non-hydrogen) atoms. The summed E-state index contributed by atoms with van der Waals surface area (Å²) < 4.78 is 2.03. The molecule has 1 heterocycles. The van der Waals surface area contributed by atoms with Gasteiger partial charge < -0.3 is 9.67 Å². The normalized spacial score (nSPS) is 15.9. The van der Waals surface area contributed by atoms with E-state index in [4.69, 9.17) is 0 Å². The van der Waals surface area contributed by atoms with Crippen LogP contribution < -0.4 is 0 Å². The molecule has 0 saturated carbocycles. The summed E-state index contributed by atoms with van der Waals surface area (Å²) in [6.07, 6.45) is 4.73. The van der Waals surface area contributed by atoms with Gasteiger partial charge in [0.25, 0.3) is 0 Å². The van der Waals surface area contributed by atoms with Crippen LogP contribution in [-0.4, -0.2) is 14.7 Å². The van der Waals surface area contributed by atoms with Gasteiger partial charge in [0.2, 0.25) is 0 Å². The number of aromatic nitrogens is 2. The highest BCUT2D eigenvalue weighted by Gasteiger charge is 2.31. The minimum Gasteiger partial charge on any atom is -0.382 e. The van der Waals surface area contributed by atoms with Crippen molar-refractivity contribution in [2.75, 3.05) is 0 Å². The SMILES string of the molecule is CCCn1ccnc1C(C)(O)C(C)C. The van der Waals surface area contributed by atoms with Crippen LogP contribution in [0.4, 0.5) is 0 Å². The summed E-state index contributed by atoms with van der Waals surface area (Å²) in [5.74, 6) is 0.940. The van der Waals surface area contributed by atoms with E-state index in [1.165, 1.54) is 0 Å². The molecular formula is C11H20N2O. The Morgan fingerprint density at radius 3 is 2.71 bits per heavy atom. The van der Waals surface area contributed by atoms with E-state index in [9.17, 15) is 5.11 Å². The fourth-order valence-electron chi connectivity index (χ4n) is 1.43. The number of nitrogens with zero attached hydrogens (tertiary/aromatic N) is 2. The minimum absolute atomic E-state index is 0.167. The molecule has 1 unspecified atom stereocenters. The van der Waals surface area contributed by atoms with E-state index >= 15 is 0 Å². The zero-order valence-corrected chi connectivity index (χ0v) is 9.49. The standard InChI is InChI=1S/C11H20N2O/c1-5-7-13-8-6-12-10(13)11(4,14)9(2)3/h6,8-9,14H,5,7H2,1-4H3. The largest absolute Gasteiger partial charge is 0.382 e. The lowest BCUT2D eigenvalue weighted by Gasteiger charge is -2.27. The molecule has 0 aliphatic carbocycles. The molecule has 0 aromatic carbocycles. The Kier molecular flexibility index (Phi) is 3.32. The third-order valence-corrected chi connectivity index (χ3v) is 2.76. The smallest absolute Gasteiger partial charge is 0.140 e. The third-order valence-electron chi connectivity index (χ3n) is 2.76. The van der Waals surface area contributed by atoms with Gasteiger partial charge in [0, 0.05) is 18.9 Å². The van der Waals surface area contributed by atoms with Crippen LogP contribution in [0.25, 0.3) is 0 Å². The van der Waals surface area contributed by atoms with Crippen LogP contribution >= 0.6 is 0 Å². The molecule has 1 N–H and O–H groups in total. The maximum absolute atomic E-state index is 10.3. The summed E-state index contributed by atoms with van der Waals surface area (Å²) in [6.45, 7) is 8.87. The summed E-state index contributed by atoms with van der Waals surface area (Å²) in [5.41, 5.74) is -0.835. The second-order valence-electron chi connectivity index (χ2n) is 4.25.